The zero-order chi connectivity index (χ0) is 16.7. The minimum absolute atomic E-state index is 0.0553. The Morgan fingerprint density at radius 1 is 1.27 bits per heavy atom. The van der Waals surface area contributed by atoms with E-state index in [-0.39, 0.29) is 17.6 Å². The van der Waals surface area contributed by atoms with Crippen molar-refractivity contribution in [2.24, 2.45) is 0 Å². The van der Waals surface area contributed by atoms with Gasteiger partial charge >= 0.3 is 5.97 Å². The van der Waals surface area contributed by atoms with Crippen LogP contribution in [-0.4, -0.2) is 47.6 Å². The summed E-state index contributed by atoms with van der Waals surface area (Å²) >= 11 is 0. The number of carbonyl (C=O) groups is 2. The van der Waals surface area contributed by atoms with Crippen molar-refractivity contribution < 1.29 is 19.1 Å². The maximum atomic E-state index is 13.0. The lowest BCUT2D eigenvalue weighted by atomic mass is 10.00. The third-order valence-corrected chi connectivity index (χ3v) is 3.63. The SMILES string of the molecule is CC(=O)NCCN(CC(C)c1ccc(F)cc1)C(C)C(=O)O. The molecule has 0 aliphatic rings. The molecule has 0 saturated carbocycles. The van der Waals surface area contributed by atoms with Gasteiger partial charge < -0.3 is 10.4 Å². The summed E-state index contributed by atoms with van der Waals surface area (Å²) in [5.41, 5.74) is 0.948. The summed E-state index contributed by atoms with van der Waals surface area (Å²) in [5, 5.41) is 11.9. The van der Waals surface area contributed by atoms with E-state index < -0.39 is 12.0 Å². The number of benzene rings is 1. The molecular formula is C16H23FN2O3. The molecule has 1 amide bonds. The molecule has 0 heterocycles. The molecule has 1 rings (SSSR count). The first kappa shape index (κ1) is 18.1. The lowest BCUT2D eigenvalue weighted by Crippen LogP contribution is -2.44. The Morgan fingerprint density at radius 3 is 2.36 bits per heavy atom. The average Bonchev–Trinajstić information content (AvgIpc) is 2.45. The van der Waals surface area contributed by atoms with E-state index in [2.05, 4.69) is 5.32 Å². The Morgan fingerprint density at radius 2 is 1.86 bits per heavy atom. The van der Waals surface area contributed by atoms with E-state index >= 15 is 0 Å². The van der Waals surface area contributed by atoms with Crippen LogP contribution in [0.5, 0.6) is 0 Å². The first-order chi connectivity index (χ1) is 10.3. The minimum Gasteiger partial charge on any atom is -0.480 e. The Balaban J connectivity index is 2.71. The fraction of sp³-hybridized carbons (Fsp3) is 0.500. The normalized spacial score (nSPS) is 13.7. The van der Waals surface area contributed by atoms with E-state index in [9.17, 15) is 19.1 Å². The van der Waals surface area contributed by atoms with Crippen molar-refractivity contribution in [1.29, 1.82) is 0 Å². The van der Waals surface area contributed by atoms with Gasteiger partial charge in [0.25, 0.3) is 0 Å². The standard InChI is InChI=1S/C16H23FN2O3/c1-11(14-4-6-15(17)7-5-14)10-19(12(2)16(21)22)9-8-18-13(3)20/h4-7,11-12H,8-10H2,1-3H3,(H,18,20)(H,21,22). The van der Waals surface area contributed by atoms with Gasteiger partial charge in [-0.15, -0.1) is 0 Å². The highest BCUT2D eigenvalue weighted by Gasteiger charge is 2.22. The van der Waals surface area contributed by atoms with Gasteiger partial charge in [0.1, 0.15) is 11.9 Å². The van der Waals surface area contributed by atoms with Crippen molar-refractivity contribution in [2.45, 2.75) is 32.7 Å². The summed E-state index contributed by atoms with van der Waals surface area (Å²) in [6, 6.07) is 5.55. The van der Waals surface area contributed by atoms with Gasteiger partial charge in [-0.3, -0.25) is 14.5 Å². The van der Waals surface area contributed by atoms with Crippen LogP contribution in [-0.2, 0) is 9.59 Å². The number of carboxylic acids is 1. The molecule has 0 saturated heterocycles. The second kappa shape index (κ2) is 8.48. The van der Waals surface area contributed by atoms with E-state index in [0.717, 1.165) is 5.56 Å². The summed E-state index contributed by atoms with van der Waals surface area (Å²) < 4.78 is 13.0. The third kappa shape index (κ3) is 5.81. The van der Waals surface area contributed by atoms with Crippen LogP contribution in [0.15, 0.2) is 24.3 Å². The zero-order valence-electron chi connectivity index (χ0n) is 13.2. The minimum atomic E-state index is -0.908. The molecule has 5 nitrogen and oxygen atoms in total. The first-order valence-corrected chi connectivity index (χ1v) is 7.28. The van der Waals surface area contributed by atoms with E-state index in [0.29, 0.717) is 19.6 Å². The highest BCUT2D eigenvalue weighted by Crippen LogP contribution is 2.18. The van der Waals surface area contributed by atoms with Gasteiger partial charge in [0.15, 0.2) is 0 Å². The van der Waals surface area contributed by atoms with E-state index in [1.165, 1.54) is 19.1 Å². The number of rotatable bonds is 8. The number of amides is 1. The lowest BCUT2D eigenvalue weighted by molar-refractivity contribution is -0.142. The molecule has 0 aromatic heterocycles. The molecule has 0 aliphatic carbocycles. The summed E-state index contributed by atoms with van der Waals surface area (Å²) in [7, 11) is 0. The number of halogens is 1. The van der Waals surface area contributed by atoms with E-state index in [1.54, 1.807) is 24.0 Å². The lowest BCUT2D eigenvalue weighted by Gasteiger charge is -2.29. The van der Waals surface area contributed by atoms with Crippen molar-refractivity contribution in [3.8, 4) is 0 Å². The molecule has 122 valence electrons. The summed E-state index contributed by atoms with van der Waals surface area (Å²) in [6.07, 6.45) is 0. The number of hydrogen-bond acceptors (Lipinski definition) is 3. The van der Waals surface area contributed by atoms with Gasteiger partial charge in [-0.05, 0) is 30.5 Å². The van der Waals surface area contributed by atoms with Gasteiger partial charge in [-0.2, -0.15) is 0 Å². The summed E-state index contributed by atoms with van der Waals surface area (Å²) in [6.45, 7) is 6.35. The maximum absolute atomic E-state index is 13.0. The Kier molecular flexibility index (Phi) is 6.98. The second-order valence-corrected chi connectivity index (χ2v) is 5.44. The number of nitrogens with one attached hydrogen (secondary N) is 1. The molecule has 2 N–H and O–H groups in total. The molecule has 0 radical (unpaired) electrons. The largest absolute Gasteiger partial charge is 0.480 e. The predicted molar refractivity (Wildman–Crippen MR) is 82.2 cm³/mol. The van der Waals surface area contributed by atoms with Crippen molar-refractivity contribution >= 4 is 11.9 Å². The number of carbonyl (C=O) groups excluding carboxylic acids is 1. The van der Waals surface area contributed by atoms with Crippen molar-refractivity contribution in [3.05, 3.63) is 35.6 Å². The molecular weight excluding hydrogens is 287 g/mol. The topological polar surface area (TPSA) is 69.6 Å². The van der Waals surface area contributed by atoms with Gasteiger partial charge in [-0.25, -0.2) is 4.39 Å². The molecule has 2 atom stereocenters. The Bertz CT molecular complexity index is 505. The van der Waals surface area contributed by atoms with Gasteiger partial charge in [0.05, 0.1) is 0 Å². The molecule has 1 aromatic rings. The van der Waals surface area contributed by atoms with Crippen LogP contribution in [0.4, 0.5) is 4.39 Å². The van der Waals surface area contributed by atoms with Crippen LogP contribution in [0.3, 0.4) is 0 Å². The zero-order valence-corrected chi connectivity index (χ0v) is 13.2. The predicted octanol–water partition coefficient (Wildman–Crippen LogP) is 1.84. The van der Waals surface area contributed by atoms with Crippen LogP contribution < -0.4 is 5.32 Å². The number of aliphatic carboxylic acids is 1. The van der Waals surface area contributed by atoms with Crippen molar-refractivity contribution in [1.82, 2.24) is 10.2 Å². The van der Waals surface area contributed by atoms with Gasteiger partial charge in [0.2, 0.25) is 5.91 Å². The number of carboxylic acid groups (broad SMARTS) is 1. The first-order valence-electron chi connectivity index (χ1n) is 7.28. The highest BCUT2D eigenvalue weighted by atomic mass is 19.1. The Hall–Kier alpha value is -1.95. The fourth-order valence-electron chi connectivity index (χ4n) is 2.22. The Labute approximate surface area is 130 Å². The second-order valence-electron chi connectivity index (χ2n) is 5.44. The number of nitrogens with zero attached hydrogens (tertiary/aromatic N) is 1. The van der Waals surface area contributed by atoms with Crippen LogP contribution in [0.2, 0.25) is 0 Å². The van der Waals surface area contributed by atoms with Crippen molar-refractivity contribution in [3.63, 3.8) is 0 Å². The van der Waals surface area contributed by atoms with E-state index in [1.807, 2.05) is 6.92 Å². The fourth-order valence-corrected chi connectivity index (χ4v) is 2.22. The molecule has 0 spiro atoms. The van der Waals surface area contributed by atoms with Crippen molar-refractivity contribution in [2.75, 3.05) is 19.6 Å². The quantitative estimate of drug-likeness (QED) is 0.769. The molecule has 0 aliphatic heterocycles. The third-order valence-electron chi connectivity index (χ3n) is 3.63. The van der Waals surface area contributed by atoms with Crippen LogP contribution >= 0.6 is 0 Å². The molecule has 1 aromatic carbocycles. The number of hydrogen-bond donors (Lipinski definition) is 2. The summed E-state index contributed by atoms with van der Waals surface area (Å²) in [5.74, 6) is -1.29. The average molecular weight is 310 g/mol. The highest BCUT2D eigenvalue weighted by molar-refractivity contribution is 5.73. The van der Waals surface area contributed by atoms with Gasteiger partial charge in [0, 0.05) is 26.6 Å². The van der Waals surface area contributed by atoms with Gasteiger partial charge in [-0.1, -0.05) is 19.1 Å². The molecule has 0 fully saturated rings. The maximum Gasteiger partial charge on any atom is 0.320 e. The molecule has 6 heteroatoms. The van der Waals surface area contributed by atoms with Crippen LogP contribution in [0.1, 0.15) is 32.3 Å². The monoisotopic (exact) mass is 310 g/mol. The van der Waals surface area contributed by atoms with Crippen LogP contribution in [0.25, 0.3) is 0 Å². The molecule has 2 unspecified atom stereocenters. The smallest absolute Gasteiger partial charge is 0.320 e. The van der Waals surface area contributed by atoms with E-state index in [4.69, 9.17) is 0 Å². The van der Waals surface area contributed by atoms with Crippen LogP contribution in [0, 0.1) is 5.82 Å². The summed E-state index contributed by atoms with van der Waals surface area (Å²) in [4.78, 5) is 23.9. The molecule has 22 heavy (non-hydrogen) atoms. The molecule has 0 bridgehead atoms.